The molecule has 1 aliphatic heterocycles. The monoisotopic (exact) mass is 434 g/mol. The highest BCUT2D eigenvalue weighted by molar-refractivity contribution is 7.14. The number of ether oxygens (including phenoxy) is 1. The van der Waals surface area contributed by atoms with Crippen molar-refractivity contribution in [2.75, 3.05) is 43.5 Å². The van der Waals surface area contributed by atoms with Crippen molar-refractivity contribution in [3.8, 4) is 5.75 Å². The summed E-state index contributed by atoms with van der Waals surface area (Å²) in [7, 11) is 1.66. The number of nitrogens with one attached hydrogen (secondary N) is 2. The maximum Gasteiger partial charge on any atom is 0.286 e. The highest BCUT2D eigenvalue weighted by Crippen LogP contribution is 2.35. The van der Waals surface area contributed by atoms with E-state index in [1.54, 1.807) is 19.5 Å². The summed E-state index contributed by atoms with van der Waals surface area (Å²) in [6.45, 7) is 3.60. The van der Waals surface area contributed by atoms with Crippen LogP contribution in [0.2, 0.25) is 0 Å². The number of amides is 1. The van der Waals surface area contributed by atoms with Gasteiger partial charge in [-0.2, -0.15) is 0 Å². The predicted octanol–water partition coefficient (Wildman–Crippen LogP) is 2.70. The van der Waals surface area contributed by atoms with Gasteiger partial charge in [0.25, 0.3) is 5.91 Å². The van der Waals surface area contributed by atoms with Crippen molar-refractivity contribution in [2.24, 2.45) is 0 Å². The zero-order chi connectivity index (χ0) is 21.2. The molecule has 31 heavy (non-hydrogen) atoms. The van der Waals surface area contributed by atoms with Crippen LogP contribution in [0.25, 0.3) is 11.6 Å². The Labute approximate surface area is 184 Å². The molecule has 158 valence electrons. The molecule has 5 rings (SSSR count). The first-order valence-electron chi connectivity index (χ1n) is 10.1. The zero-order valence-electron chi connectivity index (χ0n) is 17.1. The smallest absolute Gasteiger partial charge is 0.286 e. The number of anilines is 2. The molecule has 8 nitrogen and oxygen atoms in total. The molecule has 3 aromatic rings. The van der Waals surface area contributed by atoms with E-state index >= 15 is 0 Å². The fourth-order valence-corrected chi connectivity index (χ4v) is 4.61. The second-order valence-corrected chi connectivity index (χ2v) is 8.38. The first-order valence-corrected chi connectivity index (χ1v) is 11.0. The number of benzene rings is 1. The van der Waals surface area contributed by atoms with Crippen LogP contribution in [-0.2, 0) is 6.42 Å². The average Bonchev–Trinajstić information content (AvgIpc) is 3.47. The van der Waals surface area contributed by atoms with E-state index in [1.807, 2.05) is 18.2 Å². The van der Waals surface area contributed by atoms with E-state index in [9.17, 15) is 4.79 Å². The Hall–Kier alpha value is -3.30. The minimum Gasteiger partial charge on any atom is -0.497 e. The van der Waals surface area contributed by atoms with Crippen LogP contribution in [0.3, 0.4) is 0 Å². The fraction of sp³-hybridized carbons (Fsp3) is 0.273. The number of aromatic nitrogens is 3. The van der Waals surface area contributed by atoms with Crippen LogP contribution < -0.4 is 20.3 Å². The van der Waals surface area contributed by atoms with Crippen LogP contribution >= 0.6 is 11.3 Å². The standard InChI is InChI=1S/C22H22N6O2S/c1-30-17-3-2-14-10-16(11-15(14)12-17)21-26-27-22(31-21)20(29)25-18-13-24-5-4-19(18)28-8-6-23-7-9-28/h2-5,11-13,23H,6-10H2,1H3,(H,25,29). The van der Waals surface area contributed by atoms with Gasteiger partial charge in [0.1, 0.15) is 10.8 Å². The number of hydrogen-bond acceptors (Lipinski definition) is 8. The topological polar surface area (TPSA) is 92.3 Å². The van der Waals surface area contributed by atoms with Crippen molar-refractivity contribution in [2.45, 2.75) is 6.42 Å². The third-order valence-corrected chi connectivity index (χ3v) is 6.46. The minimum atomic E-state index is -0.272. The molecule has 2 aromatic heterocycles. The van der Waals surface area contributed by atoms with Crippen molar-refractivity contribution < 1.29 is 9.53 Å². The summed E-state index contributed by atoms with van der Waals surface area (Å²) >= 11 is 1.30. The van der Waals surface area contributed by atoms with Gasteiger partial charge in [0.15, 0.2) is 0 Å². The Bertz CT molecular complexity index is 1150. The summed E-state index contributed by atoms with van der Waals surface area (Å²) < 4.78 is 5.31. The van der Waals surface area contributed by atoms with E-state index in [-0.39, 0.29) is 5.91 Å². The highest BCUT2D eigenvalue weighted by atomic mass is 32.1. The normalized spacial score (nSPS) is 15.4. The Morgan fingerprint density at radius 3 is 2.94 bits per heavy atom. The largest absolute Gasteiger partial charge is 0.497 e. The van der Waals surface area contributed by atoms with Gasteiger partial charge in [-0.3, -0.25) is 9.78 Å². The number of carbonyl (C=O) groups excluding carboxylic acids is 1. The third-order valence-electron chi connectivity index (χ3n) is 5.46. The van der Waals surface area contributed by atoms with Crippen LogP contribution in [0, 0.1) is 0 Å². The van der Waals surface area contributed by atoms with Crippen molar-refractivity contribution >= 4 is 40.3 Å². The highest BCUT2D eigenvalue weighted by Gasteiger charge is 2.22. The molecular weight excluding hydrogens is 412 g/mol. The molecule has 0 spiro atoms. The maximum absolute atomic E-state index is 12.9. The van der Waals surface area contributed by atoms with Crippen LogP contribution in [-0.4, -0.2) is 54.4 Å². The number of allylic oxidation sites excluding steroid dienone is 1. The van der Waals surface area contributed by atoms with Gasteiger partial charge < -0.3 is 20.3 Å². The van der Waals surface area contributed by atoms with Gasteiger partial charge in [0.2, 0.25) is 5.01 Å². The van der Waals surface area contributed by atoms with E-state index in [1.165, 1.54) is 16.9 Å². The second kappa shape index (κ2) is 8.44. The van der Waals surface area contributed by atoms with E-state index < -0.39 is 0 Å². The van der Waals surface area contributed by atoms with Gasteiger partial charge >= 0.3 is 0 Å². The Balaban J connectivity index is 1.33. The van der Waals surface area contributed by atoms with Crippen LogP contribution in [0.5, 0.6) is 5.75 Å². The lowest BCUT2D eigenvalue weighted by Crippen LogP contribution is -2.43. The molecule has 2 N–H and O–H groups in total. The first kappa shape index (κ1) is 19.7. The summed E-state index contributed by atoms with van der Waals surface area (Å²) in [5, 5.41) is 15.8. The molecule has 3 heterocycles. The van der Waals surface area contributed by atoms with E-state index in [0.29, 0.717) is 10.7 Å². The van der Waals surface area contributed by atoms with Crippen LogP contribution in [0.15, 0.2) is 36.7 Å². The van der Waals surface area contributed by atoms with Crippen molar-refractivity contribution in [1.29, 1.82) is 0 Å². The molecule has 0 radical (unpaired) electrons. The lowest BCUT2D eigenvalue weighted by atomic mass is 10.1. The minimum absolute atomic E-state index is 0.272. The van der Waals surface area contributed by atoms with E-state index in [0.717, 1.165) is 60.2 Å². The second-order valence-electron chi connectivity index (χ2n) is 7.41. The molecule has 0 bridgehead atoms. The Kier molecular flexibility index (Phi) is 5.35. The van der Waals surface area contributed by atoms with Gasteiger partial charge in [-0.05, 0) is 41.0 Å². The maximum atomic E-state index is 12.9. The molecule has 9 heteroatoms. The number of fused-ring (bicyclic) bond motifs is 1. The summed E-state index contributed by atoms with van der Waals surface area (Å²) in [5.41, 5.74) is 5.05. The van der Waals surface area contributed by atoms with Crippen molar-refractivity contribution in [1.82, 2.24) is 20.5 Å². The lowest BCUT2D eigenvalue weighted by Gasteiger charge is -2.30. The SMILES string of the molecule is COc1ccc2c(c1)C=C(c1nnc(C(=O)Nc3cnccc3N3CCNCC3)s1)C2. The molecule has 1 aliphatic carbocycles. The Morgan fingerprint density at radius 1 is 1.23 bits per heavy atom. The quantitative estimate of drug-likeness (QED) is 0.638. The molecule has 0 saturated carbocycles. The molecule has 1 amide bonds. The molecule has 0 unspecified atom stereocenters. The molecule has 1 saturated heterocycles. The number of piperazine rings is 1. The summed E-state index contributed by atoms with van der Waals surface area (Å²) in [6, 6.07) is 7.96. The number of pyridine rings is 1. The molecule has 1 aromatic carbocycles. The van der Waals surface area contributed by atoms with Gasteiger partial charge in [-0.15, -0.1) is 10.2 Å². The number of rotatable bonds is 5. The van der Waals surface area contributed by atoms with E-state index in [4.69, 9.17) is 4.74 Å². The molecule has 2 aliphatic rings. The lowest BCUT2D eigenvalue weighted by molar-refractivity contribution is 0.102. The van der Waals surface area contributed by atoms with Gasteiger partial charge in [0.05, 0.1) is 24.7 Å². The number of carbonyl (C=O) groups is 1. The summed E-state index contributed by atoms with van der Waals surface area (Å²) in [5.74, 6) is 0.552. The Morgan fingerprint density at radius 2 is 2.10 bits per heavy atom. The third kappa shape index (κ3) is 4.01. The number of methoxy groups -OCH3 is 1. The first-order chi connectivity index (χ1) is 15.2. The molecule has 0 atom stereocenters. The summed E-state index contributed by atoms with van der Waals surface area (Å²) in [6.07, 6.45) is 6.28. The van der Waals surface area contributed by atoms with Gasteiger partial charge in [0, 0.05) is 38.8 Å². The van der Waals surface area contributed by atoms with E-state index in [2.05, 4.69) is 42.9 Å². The van der Waals surface area contributed by atoms with Crippen LogP contribution in [0.1, 0.15) is 25.9 Å². The zero-order valence-corrected chi connectivity index (χ0v) is 17.9. The van der Waals surface area contributed by atoms with Crippen LogP contribution in [0.4, 0.5) is 11.4 Å². The molecule has 1 fully saturated rings. The predicted molar refractivity (Wildman–Crippen MR) is 122 cm³/mol. The van der Waals surface area contributed by atoms with Gasteiger partial charge in [-0.1, -0.05) is 17.4 Å². The van der Waals surface area contributed by atoms with Crippen molar-refractivity contribution in [3.05, 3.63) is 57.8 Å². The molecular formula is C22H22N6O2S. The fourth-order valence-electron chi connectivity index (χ4n) is 3.86. The van der Waals surface area contributed by atoms with Crippen molar-refractivity contribution in [3.63, 3.8) is 0 Å². The number of nitrogens with zero attached hydrogens (tertiary/aromatic N) is 4. The summed E-state index contributed by atoms with van der Waals surface area (Å²) in [4.78, 5) is 19.3. The number of hydrogen-bond donors (Lipinski definition) is 2. The average molecular weight is 435 g/mol. The van der Waals surface area contributed by atoms with Gasteiger partial charge in [-0.25, -0.2) is 0 Å².